The molecule has 144 valence electrons. The van der Waals surface area contributed by atoms with Crippen molar-refractivity contribution in [3.05, 3.63) is 53.0 Å². The summed E-state index contributed by atoms with van der Waals surface area (Å²) in [5, 5.41) is 2.75. The highest BCUT2D eigenvalue weighted by Crippen LogP contribution is 2.10. The fourth-order valence-electron chi connectivity index (χ4n) is 1.72. The number of rotatable bonds is 7. The summed E-state index contributed by atoms with van der Waals surface area (Å²) in [7, 11) is 7.48. The molecule has 0 fully saturated rings. The molecule has 0 saturated carbocycles. The molecule has 8 heteroatoms. The van der Waals surface area contributed by atoms with E-state index in [2.05, 4.69) is 21.9 Å². The van der Waals surface area contributed by atoms with E-state index >= 15 is 0 Å². The molecule has 1 aromatic heterocycles. The summed E-state index contributed by atoms with van der Waals surface area (Å²) in [6.45, 7) is 6.77. The lowest BCUT2D eigenvalue weighted by atomic mass is 10.2. The molecule has 0 aromatic carbocycles. The summed E-state index contributed by atoms with van der Waals surface area (Å²) in [5.74, 6) is 0.0611. The summed E-state index contributed by atoms with van der Waals surface area (Å²) < 4.78 is 0. The summed E-state index contributed by atoms with van der Waals surface area (Å²) in [6, 6.07) is 2.81. The Morgan fingerprint density at radius 2 is 1.96 bits per heavy atom. The Morgan fingerprint density at radius 3 is 2.50 bits per heavy atom. The second-order valence-corrected chi connectivity index (χ2v) is 5.72. The monoisotopic (exact) mass is 362 g/mol. The van der Waals surface area contributed by atoms with Crippen LogP contribution < -0.4 is 21.5 Å². The van der Waals surface area contributed by atoms with Crippen LogP contribution in [0.1, 0.15) is 17.3 Å². The summed E-state index contributed by atoms with van der Waals surface area (Å²) in [4.78, 5) is 34.2. The van der Waals surface area contributed by atoms with Crippen LogP contribution in [0.3, 0.4) is 0 Å². The smallest absolute Gasteiger partial charge is 0.279 e. The largest absolute Gasteiger partial charge is 0.394 e. The zero-order valence-corrected chi connectivity index (χ0v) is 16.2. The molecule has 1 aromatic rings. The number of likely N-dealkylation sites (N-methyl/N-ethyl adjacent to an activating group) is 2. The molecular formula is C18H30N6O2. The van der Waals surface area contributed by atoms with Crippen molar-refractivity contribution in [3.8, 4) is 0 Å². The number of hydrogen-bond donors (Lipinski definition) is 3. The molecule has 4 N–H and O–H groups in total. The number of amidine groups is 1. The van der Waals surface area contributed by atoms with Crippen LogP contribution in [-0.2, 0) is 0 Å². The molecule has 0 saturated heterocycles. The number of nitrogens with one attached hydrogen (secondary N) is 2. The highest BCUT2D eigenvalue weighted by molar-refractivity contribution is 6.06. The first-order valence-corrected chi connectivity index (χ1v) is 8.14. The SMILES string of the molecule is C=CC.CN/C=C\C(N)=NC(=O)c1cc(N(C)CCN(C)C)[nH]c(=O)c1. The van der Waals surface area contributed by atoms with Gasteiger partial charge >= 0.3 is 0 Å². The first-order chi connectivity index (χ1) is 12.2. The average Bonchev–Trinajstić information content (AvgIpc) is 2.57. The minimum absolute atomic E-state index is 0.0622. The third-order valence-corrected chi connectivity index (χ3v) is 3.02. The van der Waals surface area contributed by atoms with Crippen molar-refractivity contribution in [1.82, 2.24) is 15.2 Å². The van der Waals surface area contributed by atoms with Gasteiger partial charge in [-0.25, -0.2) is 0 Å². The summed E-state index contributed by atoms with van der Waals surface area (Å²) in [5.41, 5.74) is 5.45. The molecule has 0 radical (unpaired) electrons. The van der Waals surface area contributed by atoms with Crippen LogP contribution in [0.2, 0.25) is 0 Å². The Hall–Kier alpha value is -2.87. The predicted octanol–water partition coefficient (Wildman–Crippen LogP) is 0.796. The van der Waals surface area contributed by atoms with Gasteiger partial charge in [0.2, 0.25) is 5.56 Å². The zero-order chi connectivity index (χ0) is 20.1. The van der Waals surface area contributed by atoms with Crippen molar-refractivity contribution in [2.24, 2.45) is 10.7 Å². The number of pyridine rings is 1. The minimum Gasteiger partial charge on any atom is -0.394 e. The number of carbonyl (C=O) groups excluding carboxylic acids is 1. The third kappa shape index (κ3) is 9.43. The maximum Gasteiger partial charge on any atom is 0.279 e. The molecule has 0 spiro atoms. The van der Waals surface area contributed by atoms with E-state index in [9.17, 15) is 9.59 Å². The Labute approximate surface area is 155 Å². The van der Waals surface area contributed by atoms with Gasteiger partial charge in [-0.1, -0.05) is 6.08 Å². The number of amides is 1. The molecule has 0 bridgehead atoms. The first-order valence-electron chi connectivity index (χ1n) is 8.14. The van der Waals surface area contributed by atoms with Crippen LogP contribution >= 0.6 is 0 Å². The Morgan fingerprint density at radius 1 is 1.35 bits per heavy atom. The molecule has 8 nitrogen and oxygen atoms in total. The Kier molecular flexibility index (Phi) is 11.1. The maximum absolute atomic E-state index is 12.1. The molecular weight excluding hydrogens is 332 g/mol. The van der Waals surface area contributed by atoms with Gasteiger partial charge in [-0.2, -0.15) is 4.99 Å². The fraction of sp³-hybridized carbons (Fsp3) is 0.389. The second kappa shape index (κ2) is 12.5. The topological polar surface area (TPSA) is 107 Å². The number of aromatic amines is 1. The van der Waals surface area contributed by atoms with E-state index < -0.39 is 5.91 Å². The van der Waals surface area contributed by atoms with E-state index in [0.29, 0.717) is 12.4 Å². The van der Waals surface area contributed by atoms with E-state index in [0.717, 1.165) is 6.54 Å². The third-order valence-electron chi connectivity index (χ3n) is 3.02. The predicted molar refractivity (Wildman–Crippen MR) is 109 cm³/mol. The fourth-order valence-corrected chi connectivity index (χ4v) is 1.72. The lowest BCUT2D eigenvalue weighted by Crippen LogP contribution is -2.30. The van der Waals surface area contributed by atoms with Crippen molar-refractivity contribution in [2.45, 2.75) is 6.92 Å². The van der Waals surface area contributed by atoms with Gasteiger partial charge in [-0.15, -0.1) is 6.58 Å². The molecule has 0 unspecified atom stereocenters. The number of nitrogens with two attached hydrogens (primary N) is 1. The second-order valence-electron chi connectivity index (χ2n) is 5.72. The van der Waals surface area contributed by atoms with E-state index in [-0.39, 0.29) is 17.0 Å². The van der Waals surface area contributed by atoms with E-state index in [1.807, 2.05) is 37.9 Å². The lowest BCUT2D eigenvalue weighted by Gasteiger charge is -2.21. The van der Waals surface area contributed by atoms with Crippen molar-refractivity contribution < 1.29 is 4.79 Å². The number of carbonyl (C=O) groups is 1. The molecule has 1 amide bonds. The molecule has 1 heterocycles. The Bertz CT molecular complexity index is 691. The van der Waals surface area contributed by atoms with Crippen LogP contribution in [0.15, 0.2) is 46.9 Å². The normalized spacial score (nSPS) is 11.1. The van der Waals surface area contributed by atoms with Gasteiger partial charge in [-0.3, -0.25) is 9.59 Å². The molecule has 1 rings (SSSR count). The lowest BCUT2D eigenvalue weighted by molar-refractivity contribution is 0.100. The summed E-state index contributed by atoms with van der Waals surface area (Å²) >= 11 is 0. The number of H-pyrrole nitrogens is 1. The standard InChI is InChI=1S/C15H24N6O2.C3H6/c1-17-6-5-12(16)18-15(23)11-9-13(19-14(22)10-11)21(4)8-7-20(2)3;1-3-2/h5-6,9-10,17H,7-8H2,1-4H3,(H,19,22)(H2,16,18,23);3H,1H2,2H3/b6-5-;. The minimum atomic E-state index is -0.559. The number of anilines is 1. The highest BCUT2D eigenvalue weighted by atomic mass is 16.1. The Balaban J connectivity index is 0.00000194. The van der Waals surface area contributed by atoms with Gasteiger partial charge in [-0.05, 0) is 39.4 Å². The van der Waals surface area contributed by atoms with Gasteiger partial charge < -0.3 is 25.8 Å². The van der Waals surface area contributed by atoms with Gasteiger partial charge in [0.05, 0.1) is 5.56 Å². The molecule has 0 atom stereocenters. The number of allylic oxidation sites excluding steroid dienone is 1. The van der Waals surface area contributed by atoms with E-state index in [1.165, 1.54) is 12.1 Å². The van der Waals surface area contributed by atoms with Crippen molar-refractivity contribution in [2.75, 3.05) is 46.2 Å². The highest BCUT2D eigenvalue weighted by Gasteiger charge is 2.10. The summed E-state index contributed by atoms with van der Waals surface area (Å²) in [6.07, 6.45) is 4.78. The van der Waals surface area contributed by atoms with Crippen LogP contribution in [0.5, 0.6) is 0 Å². The van der Waals surface area contributed by atoms with Crippen molar-refractivity contribution in [1.29, 1.82) is 0 Å². The van der Waals surface area contributed by atoms with Gasteiger partial charge in [0.25, 0.3) is 5.91 Å². The van der Waals surface area contributed by atoms with Crippen LogP contribution in [-0.4, -0.2) is 62.9 Å². The number of nitrogens with zero attached hydrogens (tertiary/aromatic N) is 3. The maximum atomic E-state index is 12.1. The number of aromatic nitrogens is 1. The van der Waals surface area contributed by atoms with E-state index in [4.69, 9.17) is 5.73 Å². The average molecular weight is 362 g/mol. The van der Waals surface area contributed by atoms with Gasteiger partial charge in [0.15, 0.2) is 0 Å². The van der Waals surface area contributed by atoms with Gasteiger partial charge in [0, 0.05) is 33.3 Å². The number of hydrogen-bond acceptors (Lipinski definition) is 5. The van der Waals surface area contributed by atoms with Crippen LogP contribution in [0.25, 0.3) is 0 Å². The van der Waals surface area contributed by atoms with E-state index in [1.54, 1.807) is 25.4 Å². The zero-order valence-electron chi connectivity index (χ0n) is 16.2. The van der Waals surface area contributed by atoms with Crippen LogP contribution in [0.4, 0.5) is 5.82 Å². The van der Waals surface area contributed by atoms with Crippen LogP contribution in [0, 0.1) is 0 Å². The quantitative estimate of drug-likeness (QED) is 0.376. The molecule has 0 aliphatic heterocycles. The van der Waals surface area contributed by atoms with Crippen molar-refractivity contribution >= 4 is 17.6 Å². The molecule has 0 aliphatic carbocycles. The van der Waals surface area contributed by atoms with Gasteiger partial charge in [0.1, 0.15) is 11.7 Å². The van der Waals surface area contributed by atoms with Crippen molar-refractivity contribution in [3.63, 3.8) is 0 Å². The molecule has 26 heavy (non-hydrogen) atoms. The molecule has 0 aliphatic rings. The number of aliphatic imine (C=N–C) groups is 1. The first kappa shape index (κ1) is 23.1.